The molecule has 0 aliphatic carbocycles. The third kappa shape index (κ3) is 1.83. The molecule has 0 amide bonds. The molecule has 5 nitrogen and oxygen atoms in total. The first kappa shape index (κ1) is 12.8. The molecular weight excluding hydrogens is 274 g/mol. The second kappa shape index (κ2) is 4.80. The summed E-state index contributed by atoms with van der Waals surface area (Å²) in [5.41, 5.74) is 5.92. The standard InChI is InChI=1S/C17H15N5/c1-18-14-8-13(11-4-3-7-19-9-11)21-12-5-6-15-17(16(12)14)20-10-22(15)2/h3-10H,1-2H3,(H,18,21). The maximum Gasteiger partial charge on any atom is 0.0999 e. The summed E-state index contributed by atoms with van der Waals surface area (Å²) in [6.07, 6.45) is 5.42. The molecule has 22 heavy (non-hydrogen) atoms. The van der Waals surface area contributed by atoms with Crippen LogP contribution in [0, 0.1) is 0 Å². The van der Waals surface area contributed by atoms with E-state index in [1.807, 2.05) is 55.5 Å². The molecule has 0 spiro atoms. The highest BCUT2D eigenvalue weighted by atomic mass is 15.0. The number of anilines is 1. The second-order valence-corrected chi connectivity index (χ2v) is 5.23. The van der Waals surface area contributed by atoms with E-state index in [1.165, 1.54) is 0 Å². The molecule has 0 aliphatic heterocycles. The summed E-state index contributed by atoms with van der Waals surface area (Å²) in [6, 6.07) is 10.1. The summed E-state index contributed by atoms with van der Waals surface area (Å²) in [6.45, 7) is 0. The molecule has 1 N–H and O–H groups in total. The third-order valence-electron chi connectivity index (χ3n) is 3.89. The molecule has 3 heterocycles. The van der Waals surface area contributed by atoms with Crippen LogP contribution >= 0.6 is 0 Å². The lowest BCUT2D eigenvalue weighted by atomic mass is 10.1. The van der Waals surface area contributed by atoms with Crippen LogP contribution in [-0.2, 0) is 7.05 Å². The van der Waals surface area contributed by atoms with Crippen LogP contribution in [-0.4, -0.2) is 26.6 Å². The van der Waals surface area contributed by atoms with Crippen LogP contribution in [0.25, 0.3) is 33.2 Å². The molecule has 0 saturated carbocycles. The maximum atomic E-state index is 4.78. The molecule has 108 valence electrons. The average molecular weight is 289 g/mol. The maximum absolute atomic E-state index is 4.78. The van der Waals surface area contributed by atoms with Gasteiger partial charge in [-0.2, -0.15) is 0 Å². The van der Waals surface area contributed by atoms with Gasteiger partial charge < -0.3 is 9.88 Å². The van der Waals surface area contributed by atoms with Gasteiger partial charge in [0, 0.05) is 37.7 Å². The van der Waals surface area contributed by atoms with Gasteiger partial charge in [0.2, 0.25) is 0 Å². The minimum atomic E-state index is 0.903. The molecular formula is C17H15N5. The van der Waals surface area contributed by atoms with Gasteiger partial charge in [-0.05, 0) is 30.3 Å². The fourth-order valence-electron chi connectivity index (χ4n) is 2.78. The van der Waals surface area contributed by atoms with Crippen molar-refractivity contribution in [1.29, 1.82) is 0 Å². The van der Waals surface area contributed by atoms with Crippen molar-refractivity contribution in [2.45, 2.75) is 0 Å². The van der Waals surface area contributed by atoms with E-state index >= 15 is 0 Å². The lowest BCUT2D eigenvalue weighted by Gasteiger charge is -2.10. The first-order valence-corrected chi connectivity index (χ1v) is 7.11. The monoisotopic (exact) mass is 289 g/mol. The predicted octanol–water partition coefficient (Wildman–Crippen LogP) is 3.23. The lowest BCUT2D eigenvalue weighted by molar-refractivity contribution is 0.948. The molecule has 1 aromatic carbocycles. The highest BCUT2D eigenvalue weighted by molar-refractivity contribution is 6.10. The van der Waals surface area contributed by atoms with Gasteiger partial charge in [-0.1, -0.05) is 0 Å². The number of nitrogens with one attached hydrogen (secondary N) is 1. The molecule has 0 fully saturated rings. The van der Waals surface area contributed by atoms with Crippen molar-refractivity contribution >= 4 is 27.6 Å². The van der Waals surface area contributed by atoms with Gasteiger partial charge in [-0.25, -0.2) is 9.97 Å². The first-order valence-electron chi connectivity index (χ1n) is 7.11. The smallest absolute Gasteiger partial charge is 0.0999 e. The van der Waals surface area contributed by atoms with Crippen molar-refractivity contribution < 1.29 is 0 Å². The Hall–Kier alpha value is -2.95. The predicted molar refractivity (Wildman–Crippen MR) is 88.8 cm³/mol. The largest absolute Gasteiger partial charge is 0.387 e. The molecule has 4 aromatic rings. The summed E-state index contributed by atoms with van der Waals surface area (Å²) in [4.78, 5) is 13.5. The van der Waals surface area contributed by atoms with E-state index in [9.17, 15) is 0 Å². The second-order valence-electron chi connectivity index (χ2n) is 5.23. The van der Waals surface area contributed by atoms with Crippen molar-refractivity contribution in [3.8, 4) is 11.3 Å². The molecule has 0 atom stereocenters. The average Bonchev–Trinajstić information content (AvgIpc) is 2.96. The summed E-state index contributed by atoms with van der Waals surface area (Å²) < 4.78 is 2.02. The molecule has 0 saturated heterocycles. The molecule has 3 aromatic heterocycles. The van der Waals surface area contributed by atoms with Crippen molar-refractivity contribution in [3.05, 3.63) is 49.1 Å². The fraction of sp³-hybridized carbons (Fsp3) is 0.118. The van der Waals surface area contributed by atoms with Gasteiger partial charge in [0.15, 0.2) is 0 Å². The van der Waals surface area contributed by atoms with E-state index in [0.29, 0.717) is 0 Å². The van der Waals surface area contributed by atoms with Crippen LogP contribution in [0.1, 0.15) is 0 Å². The minimum Gasteiger partial charge on any atom is -0.387 e. The summed E-state index contributed by atoms with van der Waals surface area (Å²) in [5, 5.41) is 4.32. The zero-order valence-corrected chi connectivity index (χ0v) is 12.4. The fourth-order valence-corrected chi connectivity index (χ4v) is 2.78. The van der Waals surface area contributed by atoms with Crippen LogP contribution in [0.15, 0.2) is 49.1 Å². The number of nitrogens with zero attached hydrogens (tertiary/aromatic N) is 4. The number of hydrogen-bond donors (Lipinski definition) is 1. The Bertz CT molecular complexity index is 973. The molecule has 0 radical (unpaired) electrons. The molecule has 4 rings (SSSR count). The van der Waals surface area contributed by atoms with Gasteiger partial charge in [-0.15, -0.1) is 0 Å². The van der Waals surface area contributed by atoms with Crippen LogP contribution in [0.3, 0.4) is 0 Å². The topological polar surface area (TPSA) is 55.6 Å². The molecule has 0 unspecified atom stereocenters. The van der Waals surface area contributed by atoms with Gasteiger partial charge in [0.1, 0.15) is 0 Å². The van der Waals surface area contributed by atoms with Gasteiger partial charge >= 0.3 is 0 Å². The van der Waals surface area contributed by atoms with Crippen molar-refractivity contribution in [1.82, 2.24) is 19.5 Å². The molecule has 0 bridgehead atoms. The number of pyridine rings is 2. The van der Waals surface area contributed by atoms with Gasteiger partial charge in [0.25, 0.3) is 0 Å². The van der Waals surface area contributed by atoms with Gasteiger partial charge in [0.05, 0.1) is 34.0 Å². The summed E-state index contributed by atoms with van der Waals surface area (Å²) >= 11 is 0. The van der Waals surface area contributed by atoms with Crippen molar-refractivity contribution in [3.63, 3.8) is 0 Å². The first-order chi connectivity index (χ1) is 10.8. The number of fused-ring (bicyclic) bond motifs is 3. The highest BCUT2D eigenvalue weighted by Gasteiger charge is 2.12. The van der Waals surface area contributed by atoms with Gasteiger partial charge in [-0.3, -0.25) is 4.98 Å². The normalized spacial score (nSPS) is 11.2. The number of aromatic nitrogens is 4. The van der Waals surface area contributed by atoms with E-state index in [0.717, 1.165) is 38.9 Å². The summed E-state index contributed by atoms with van der Waals surface area (Å²) in [5.74, 6) is 0. The SMILES string of the molecule is CNc1cc(-c2cccnc2)nc2ccc3c(ncn3C)c12. The number of rotatable bonds is 2. The Kier molecular flexibility index (Phi) is 2.79. The van der Waals surface area contributed by atoms with Crippen LogP contribution in [0.5, 0.6) is 0 Å². The quantitative estimate of drug-likeness (QED) is 0.615. The van der Waals surface area contributed by atoms with Crippen LogP contribution in [0.2, 0.25) is 0 Å². The third-order valence-corrected chi connectivity index (χ3v) is 3.89. The van der Waals surface area contributed by atoms with E-state index in [4.69, 9.17) is 4.98 Å². The number of aryl methyl sites for hydroxylation is 1. The Labute approximate surface area is 127 Å². The molecule has 5 heteroatoms. The van der Waals surface area contributed by atoms with Crippen LogP contribution in [0.4, 0.5) is 5.69 Å². The van der Waals surface area contributed by atoms with Crippen LogP contribution < -0.4 is 5.32 Å². The Morgan fingerprint density at radius 1 is 1.18 bits per heavy atom. The summed E-state index contributed by atoms with van der Waals surface area (Å²) in [7, 11) is 3.92. The number of imidazole rings is 1. The lowest BCUT2D eigenvalue weighted by Crippen LogP contribution is -1.95. The Morgan fingerprint density at radius 2 is 2.09 bits per heavy atom. The van der Waals surface area contributed by atoms with Crippen molar-refractivity contribution in [2.75, 3.05) is 12.4 Å². The minimum absolute atomic E-state index is 0.903. The zero-order chi connectivity index (χ0) is 15.1. The molecule has 0 aliphatic rings. The van der Waals surface area contributed by atoms with E-state index in [1.54, 1.807) is 6.20 Å². The zero-order valence-electron chi connectivity index (χ0n) is 12.4. The van der Waals surface area contributed by atoms with E-state index in [2.05, 4.69) is 21.4 Å². The highest BCUT2D eigenvalue weighted by Crippen LogP contribution is 2.32. The van der Waals surface area contributed by atoms with Crippen molar-refractivity contribution in [2.24, 2.45) is 7.05 Å². The van der Waals surface area contributed by atoms with E-state index < -0.39 is 0 Å². The van der Waals surface area contributed by atoms with E-state index in [-0.39, 0.29) is 0 Å². The number of benzene rings is 1. The Morgan fingerprint density at radius 3 is 2.86 bits per heavy atom. The number of hydrogen-bond acceptors (Lipinski definition) is 4. The Balaban J connectivity index is 2.07.